The highest BCUT2D eigenvalue weighted by Gasteiger charge is 2.02. The van der Waals surface area contributed by atoms with E-state index in [1.807, 2.05) is 42.5 Å². The quantitative estimate of drug-likeness (QED) is 0.364. The van der Waals surface area contributed by atoms with Crippen molar-refractivity contribution in [2.45, 2.75) is 0 Å². The molecule has 0 spiro atoms. The molecule has 3 aromatic rings. The third-order valence-electron chi connectivity index (χ3n) is 4.13. The molecule has 2 N–H and O–H groups in total. The van der Waals surface area contributed by atoms with Crippen molar-refractivity contribution >= 4 is 46.4 Å². The molecule has 0 aliphatic carbocycles. The Labute approximate surface area is 162 Å². The molecular weight excluding hydrogens is 346 g/mol. The zero-order chi connectivity index (χ0) is 19.3. The number of fused-ring (bicyclic) bond motifs is 8. The van der Waals surface area contributed by atoms with Gasteiger partial charge in [0, 0.05) is 28.1 Å². The topological polar surface area (TPSA) is 81.2 Å². The minimum Gasteiger partial charge on any atom is -0.355 e. The lowest BCUT2D eigenvalue weighted by Gasteiger charge is -1.86. The second kappa shape index (κ2) is 7.60. The van der Waals surface area contributed by atoms with E-state index in [2.05, 4.69) is 56.8 Å². The van der Waals surface area contributed by atoms with Gasteiger partial charge in [0.05, 0.1) is 28.8 Å². The maximum atomic E-state index is 7.51. The van der Waals surface area contributed by atoms with Crippen molar-refractivity contribution in [1.82, 2.24) is 19.9 Å². The summed E-state index contributed by atoms with van der Waals surface area (Å²) in [7, 11) is 0. The van der Waals surface area contributed by atoms with Gasteiger partial charge in [0.2, 0.25) is 0 Å². The van der Waals surface area contributed by atoms with Gasteiger partial charge in [-0.05, 0) is 72.8 Å². The maximum absolute atomic E-state index is 7.51. The Balaban J connectivity index is 0.000000442. The Bertz CT molecular complexity index is 1210. The fourth-order valence-corrected chi connectivity index (χ4v) is 2.94. The third kappa shape index (κ3) is 3.97. The summed E-state index contributed by atoms with van der Waals surface area (Å²) in [5, 5.41) is 7.51. The van der Waals surface area contributed by atoms with Crippen molar-refractivity contribution in [2.75, 3.05) is 0 Å². The molecule has 5 nitrogen and oxygen atoms in total. The van der Waals surface area contributed by atoms with Crippen LogP contribution in [0.2, 0.25) is 0 Å². The molecule has 0 amide bonds. The fraction of sp³-hybridized carbons (Fsp3) is 0. The highest BCUT2D eigenvalue weighted by Crippen LogP contribution is 2.17. The molecule has 0 fully saturated rings. The monoisotopic (exact) mass is 363 g/mol. The molecular formula is C23H17N5. The van der Waals surface area contributed by atoms with Crippen molar-refractivity contribution < 1.29 is 0 Å². The number of nitrogens with zero attached hydrogens (tertiary/aromatic N) is 3. The van der Waals surface area contributed by atoms with Crippen LogP contribution in [-0.4, -0.2) is 19.9 Å². The molecule has 28 heavy (non-hydrogen) atoms. The number of H-pyrrole nitrogens is 2. The van der Waals surface area contributed by atoms with Crippen molar-refractivity contribution in [3.8, 4) is 6.07 Å². The van der Waals surface area contributed by atoms with Gasteiger partial charge in [-0.3, -0.25) is 0 Å². The zero-order valence-corrected chi connectivity index (χ0v) is 15.1. The van der Waals surface area contributed by atoms with E-state index in [0.717, 1.165) is 44.8 Å². The van der Waals surface area contributed by atoms with Gasteiger partial charge < -0.3 is 9.97 Å². The van der Waals surface area contributed by atoms with Crippen LogP contribution >= 0.6 is 0 Å². The minimum atomic E-state index is 0.915. The third-order valence-corrected chi connectivity index (χ3v) is 4.13. The number of aromatic amines is 2. The Kier molecular flexibility index (Phi) is 4.68. The summed E-state index contributed by atoms with van der Waals surface area (Å²) < 4.78 is 0. The Morgan fingerprint density at radius 2 is 1.04 bits per heavy atom. The first-order valence-corrected chi connectivity index (χ1v) is 8.77. The summed E-state index contributed by atoms with van der Waals surface area (Å²) in [5.74, 6) is 0. The smallest absolute Gasteiger partial charge is 0.0905 e. The molecule has 5 heteroatoms. The van der Waals surface area contributed by atoms with E-state index in [4.69, 9.17) is 5.26 Å². The van der Waals surface area contributed by atoms with Gasteiger partial charge in [-0.2, -0.15) is 5.26 Å². The van der Waals surface area contributed by atoms with E-state index in [1.54, 1.807) is 6.07 Å². The van der Waals surface area contributed by atoms with Gasteiger partial charge in [0.1, 0.15) is 0 Å². The molecule has 0 saturated carbocycles. The summed E-state index contributed by atoms with van der Waals surface area (Å²) in [4.78, 5) is 16.0. The first-order valence-electron chi connectivity index (χ1n) is 8.77. The molecule has 0 radical (unpaired) electrons. The van der Waals surface area contributed by atoms with Crippen molar-refractivity contribution in [3.05, 3.63) is 84.0 Å². The van der Waals surface area contributed by atoms with Crippen LogP contribution in [0.5, 0.6) is 0 Å². The van der Waals surface area contributed by atoms with Gasteiger partial charge in [-0.25, -0.2) is 9.97 Å². The van der Waals surface area contributed by atoms with E-state index in [-0.39, 0.29) is 0 Å². The van der Waals surface area contributed by atoms with Crippen LogP contribution < -0.4 is 0 Å². The predicted octanol–water partition coefficient (Wildman–Crippen LogP) is 5.35. The fourth-order valence-electron chi connectivity index (χ4n) is 2.94. The van der Waals surface area contributed by atoms with Crippen molar-refractivity contribution in [2.24, 2.45) is 0 Å². The molecule has 2 aliphatic heterocycles. The van der Waals surface area contributed by atoms with Gasteiger partial charge in [0.25, 0.3) is 0 Å². The van der Waals surface area contributed by atoms with Gasteiger partial charge in [-0.1, -0.05) is 6.58 Å². The minimum absolute atomic E-state index is 0.915. The van der Waals surface area contributed by atoms with Gasteiger partial charge >= 0.3 is 0 Å². The highest BCUT2D eigenvalue weighted by molar-refractivity contribution is 5.77. The largest absolute Gasteiger partial charge is 0.355 e. The lowest BCUT2D eigenvalue weighted by atomic mass is 10.3. The van der Waals surface area contributed by atoms with Crippen LogP contribution in [0.3, 0.4) is 0 Å². The van der Waals surface area contributed by atoms with E-state index >= 15 is 0 Å². The standard InChI is InChI=1S/C20H14N4.C3H3N/c1-2-14-10-16-5-6-18(23-16)12-20-8-7-19(24-20)11-17-4-3-15(22-17)9-13(1)21-14;1-2-3-4/h1-12,21-22H;2H,1H2. The van der Waals surface area contributed by atoms with Crippen LogP contribution in [0.25, 0.3) is 46.4 Å². The molecule has 134 valence electrons. The van der Waals surface area contributed by atoms with Crippen LogP contribution in [0.1, 0.15) is 22.8 Å². The van der Waals surface area contributed by atoms with Crippen LogP contribution in [-0.2, 0) is 0 Å². The maximum Gasteiger partial charge on any atom is 0.0905 e. The van der Waals surface area contributed by atoms with E-state index in [1.165, 1.54) is 6.08 Å². The Morgan fingerprint density at radius 3 is 1.43 bits per heavy atom. The van der Waals surface area contributed by atoms with E-state index in [9.17, 15) is 0 Å². The average molecular weight is 363 g/mol. The summed E-state index contributed by atoms with van der Waals surface area (Å²) in [5.41, 5.74) is 7.86. The molecule has 5 rings (SSSR count). The molecule has 5 heterocycles. The van der Waals surface area contributed by atoms with Gasteiger partial charge in [0.15, 0.2) is 0 Å². The number of nitriles is 1. The zero-order valence-electron chi connectivity index (χ0n) is 15.1. The number of aromatic nitrogens is 4. The molecule has 3 aromatic heterocycles. The highest BCUT2D eigenvalue weighted by atomic mass is 14.8. The Morgan fingerprint density at radius 1 is 0.679 bits per heavy atom. The van der Waals surface area contributed by atoms with E-state index in [0.29, 0.717) is 0 Å². The first-order chi connectivity index (χ1) is 13.7. The predicted molar refractivity (Wildman–Crippen MR) is 115 cm³/mol. The number of rotatable bonds is 0. The average Bonchev–Trinajstić information content (AvgIpc) is 3.47. The second-order valence-electron chi connectivity index (χ2n) is 6.24. The SMILES string of the molecule is C1=Cc2cc3ccc(cc4ccc(cc5nc(cc1n2)C=C5)[nH]4)[nH]3.C=CC#N. The molecule has 8 bridgehead atoms. The number of nitrogens with one attached hydrogen (secondary N) is 2. The van der Waals surface area contributed by atoms with Crippen molar-refractivity contribution in [1.29, 1.82) is 5.26 Å². The second-order valence-corrected chi connectivity index (χ2v) is 6.24. The number of hydrogen-bond acceptors (Lipinski definition) is 3. The number of allylic oxidation sites excluding steroid dienone is 1. The summed E-state index contributed by atoms with van der Waals surface area (Å²) in [6.07, 6.45) is 9.23. The van der Waals surface area contributed by atoms with Crippen LogP contribution in [0.4, 0.5) is 0 Å². The van der Waals surface area contributed by atoms with Crippen molar-refractivity contribution in [3.63, 3.8) is 0 Å². The molecule has 0 aromatic carbocycles. The number of hydrogen-bond donors (Lipinski definition) is 2. The Hall–Kier alpha value is -4.17. The van der Waals surface area contributed by atoms with Gasteiger partial charge in [-0.15, -0.1) is 0 Å². The molecule has 2 aliphatic rings. The molecule has 0 unspecified atom stereocenters. The summed E-state index contributed by atoms with van der Waals surface area (Å²) in [6.45, 7) is 3.12. The normalized spacial score (nSPS) is 11.4. The first kappa shape index (κ1) is 17.3. The molecule has 0 saturated heterocycles. The molecule has 0 atom stereocenters. The van der Waals surface area contributed by atoms with Crippen LogP contribution in [0, 0.1) is 11.3 Å². The lowest BCUT2D eigenvalue weighted by Crippen LogP contribution is -1.77. The lowest BCUT2D eigenvalue weighted by molar-refractivity contribution is 1.28. The van der Waals surface area contributed by atoms with Crippen LogP contribution in [0.15, 0.2) is 61.2 Å². The summed E-state index contributed by atoms with van der Waals surface area (Å²) in [6, 6.07) is 18.1. The summed E-state index contributed by atoms with van der Waals surface area (Å²) >= 11 is 0. The van der Waals surface area contributed by atoms with E-state index < -0.39 is 0 Å².